The van der Waals surface area contributed by atoms with Crippen molar-refractivity contribution in [3.05, 3.63) is 65.0 Å². The Bertz CT molecular complexity index is 912. The molecule has 1 amide bonds. The minimum absolute atomic E-state index is 0.169. The molecule has 1 N–H and O–H groups in total. The van der Waals surface area contributed by atoms with Gasteiger partial charge < -0.3 is 9.88 Å². The highest BCUT2D eigenvalue weighted by Gasteiger charge is 2.13. The van der Waals surface area contributed by atoms with Crippen LogP contribution in [0.3, 0.4) is 0 Å². The number of aromatic nitrogens is 4. The molecule has 0 radical (unpaired) electrons. The number of anilines is 1. The van der Waals surface area contributed by atoms with Crippen LogP contribution in [0.2, 0.25) is 0 Å². The summed E-state index contributed by atoms with van der Waals surface area (Å²) in [6, 6.07) is 9.46. The van der Waals surface area contributed by atoms with Crippen molar-refractivity contribution < 1.29 is 4.79 Å². The Morgan fingerprint density at radius 1 is 1.12 bits per heavy atom. The van der Waals surface area contributed by atoms with Crippen LogP contribution >= 0.6 is 0 Å². The van der Waals surface area contributed by atoms with E-state index < -0.39 is 0 Å². The van der Waals surface area contributed by atoms with Gasteiger partial charge in [0.05, 0.1) is 29.0 Å². The van der Waals surface area contributed by atoms with Crippen LogP contribution in [-0.2, 0) is 6.42 Å². The minimum Gasteiger partial charge on any atom is -0.322 e. The molecule has 0 aliphatic carbocycles. The average molecular weight is 335 g/mol. The summed E-state index contributed by atoms with van der Waals surface area (Å²) in [7, 11) is 0. The van der Waals surface area contributed by atoms with Gasteiger partial charge in [0, 0.05) is 17.1 Å². The molecule has 0 atom stereocenters. The van der Waals surface area contributed by atoms with Crippen molar-refractivity contribution >= 4 is 11.6 Å². The molecular formula is C19H21N5O. The Balaban J connectivity index is 1.81. The Hall–Kier alpha value is -3.02. The first-order valence-corrected chi connectivity index (χ1v) is 8.25. The molecule has 0 saturated heterocycles. The summed E-state index contributed by atoms with van der Waals surface area (Å²) in [4.78, 5) is 16.9. The maximum atomic E-state index is 12.6. The van der Waals surface area contributed by atoms with Crippen LogP contribution < -0.4 is 5.32 Å². The van der Waals surface area contributed by atoms with Gasteiger partial charge in [0.2, 0.25) is 0 Å². The fourth-order valence-electron chi connectivity index (χ4n) is 2.63. The summed E-state index contributed by atoms with van der Waals surface area (Å²) in [5.74, 6) is -0.169. The highest BCUT2D eigenvalue weighted by molar-refractivity contribution is 6.05. The number of amides is 1. The molecule has 0 bridgehead atoms. The third-order valence-corrected chi connectivity index (χ3v) is 4.23. The standard InChI is InChI=1S/C19H21N5O/c1-5-18-17(10-12(2)22-23-18)19(25)21-15-6-8-16(9-7-15)24-11-20-13(3)14(24)4/h6-11H,5H2,1-4H3,(H,21,25). The zero-order valence-corrected chi connectivity index (χ0v) is 14.9. The summed E-state index contributed by atoms with van der Waals surface area (Å²) in [5.41, 5.74) is 5.84. The molecule has 6 nitrogen and oxygen atoms in total. The van der Waals surface area contributed by atoms with E-state index in [0.29, 0.717) is 17.7 Å². The monoisotopic (exact) mass is 335 g/mol. The molecule has 0 aliphatic heterocycles. The third-order valence-electron chi connectivity index (χ3n) is 4.23. The lowest BCUT2D eigenvalue weighted by molar-refractivity contribution is 0.102. The summed E-state index contributed by atoms with van der Waals surface area (Å²) in [6.07, 6.45) is 2.46. The van der Waals surface area contributed by atoms with Crippen molar-refractivity contribution in [1.82, 2.24) is 19.7 Å². The molecule has 0 saturated carbocycles. The number of hydrogen-bond donors (Lipinski definition) is 1. The van der Waals surface area contributed by atoms with Crippen LogP contribution in [0.5, 0.6) is 0 Å². The first kappa shape index (κ1) is 16.8. The number of rotatable bonds is 4. The summed E-state index contributed by atoms with van der Waals surface area (Å²) in [6.45, 7) is 7.80. The molecule has 0 unspecified atom stereocenters. The van der Waals surface area contributed by atoms with E-state index in [2.05, 4.69) is 20.5 Å². The molecule has 128 valence electrons. The van der Waals surface area contributed by atoms with Crippen molar-refractivity contribution in [3.8, 4) is 5.69 Å². The fraction of sp³-hybridized carbons (Fsp3) is 0.263. The summed E-state index contributed by atoms with van der Waals surface area (Å²) < 4.78 is 2.02. The van der Waals surface area contributed by atoms with Gasteiger partial charge in [-0.3, -0.25) is 4.79 Å². The van der Waals surface area contributed by atoms with E-state index in [1.165, 1.54) is 0 Å². The second kappa shape index (κ2) is 6.84. The number of carbonyl (C=O) groups excluding carboxylic acids is 1. The Labute approximate surface area is 146 Å². The normalized spacial score (nSPS) is 10.7. The lowest BCUT2D eigenvalue weighted by atomic mass is 10.1. The van der Waals surface area contributed by atoms with Crippen LogP contribution in [0.4, 0.5) is 5.69 Å². The van der Waals surface area contributed by atoms with E-state index in [0.717, 1.165) is 28.5 Å². The first-order valence-electron chi connectivity index (χ1n) is 8.25. The molecule has 0 aliphatic rings. The van der Waals surface area contributed by atoms with Gasteiger partial charge in [-0.15, -0.1) is 0 Å². The molecule has 1 aromatic carbocycles. The third kappa shape index (κ3) is 3.42. The van der Waals surface area contributed by atoms with Crippen molar-refractivity contribution in [2.45, 2.75) is 34.1 Å². The Morgan fingerprint density at radius 2 is 1.84 bits per heavy atom. The predicted molar refractivity (Wildman–Crippen MR) is 97.1 cm³/mol. The molecule has 3 aromatic rings. The van der Waals surface area contributed by atoms with E-state index in [9.17, 15) is 4.79 Å². The van der Waals surface area contributed by atoms with Gasteiger partial charge in [0.15, 0.2) is 0 Å². The van der Waals surface area contributed by atoms with Gasteiger partial charge in [-0.25, -0.2) is 4.98 Å². The lowest BCUT2D eigenvalue weighted by Crippen LogP contribution is -2.16. The predicted octanol–water partition coefficient (Wildman–Crippen LogP) is 3.40. The quantitative estimate of drug-likeness (QED) is 0.793. The van der Waals surface area contributed by atoms with E-state index in [-0.39, 0.29) is 5.91 Å². The average Bonchev–Trinajstić information content (AvgIpc) is 2.95. The van der Waals surface area contributed by atoms with E-state index in [1.807, 2.05) is 56.5 Å². The molecule has 0 fully saturated rings. The molecule has 2 aromatic heterocycles. The van der Waals surface area contributed by atoms with Crippen LogP contribution in [-0.4, -0.2) is 25.7 Å². The van der Waals surface area contributed by atoms with Gasteiger partial charge in [-0.05, 0) is 57.5 Å². The van der Waals surface area contributed by atoms with Gasteiger partial charge >= 0.3 is 0 Å². The molecular weight excluding hydrogens is 314 g/mol. The maximum Gasteiger partial charge on any atom is 0.257 e. The number of carbonyl (C=O) groups is 1. The summed E-state index contributed by atoms with van der Waals surface area (Å²) in [5, 5.41) is 11.0. The van der Waals surface area contributed by atoms with Crippen LogP contribution in [0, 0.1) is 20.8 Å². The zero-order valence-electron chi connectivity index (χ0n) is 14.9. The number of hydrogen-bond acceptors (Lipinski definition) is 4. The topological polar surface area (TPSA) is 72.7 Å². The number of nitrogens with one attached hydrogen (secondary N) is 1. The second-order valence-corrected chi connectivity index (χ2v) is 5.99. The Kier molecular flexibility index (Phi) is 4.61. The van der Waals surface area contributed by atoms with Gasteiger partial charge in [0.1, 0.15) is 0 Å². The molecule has 3 rings (SSSR count). The van der Waals surface area contributed by atoms with Crippen molar-refractivity contribution in [2.24, 2.45) is 0 Å². The number of nitrogens with zero attached hydrogens (tertiary/aromatic N) is 4. The van der Waals surface area contributed by atoms with Crippen LogP contribution in [0.25, 0.3) is 5.69 Å². The molecule has 6 heteroatoms. The molecule has 0 spiro atoms. The van der Waals surface area contributed by atoms with Crippen molar-refractivity contribution in [3.63, 3.8) is 0 Å². The van der Waals surface area contributed by atoms with E-state index in [1.54, 1.807) is 12.4 Å². The fourth-order valence-corrected chi connectivity index (χ4v) is 2.63. The Morgan fingerprint density at radius 3 is 2.44 bits per heavy atom. The van der Waals surface area contributed by atoms with Gasteiger partial charge in [-0.2, -0.15) is 10.2 Å². The maximum absolute atomic E-state index is 12.6. The lowest BCUT2D eigenvalue weighted by Gasteiger charge is -2.10. The van der Waals surface area contributed by atoms with Crippen LogP contribution in [0.1, 0.15) is 40.1 Å². The number of benzene rings is 1. The van der Waals surface area contributed by atoms with E-state index >= 15 is 0 Å². The van der Waals surface area contributed by atoms with E-state index in [4.69, 9.17) is 0 Å². The second-order valence-electron chi connectivity index (χ2n) is 5.99. The molecule has 2 heterocycles. The highest BCUT2D eigenvalue weighted by Crippen LogP contribution is 2.18. The first-order chi connectivity index (χ1) is 12.0. The van der Waals surface area contributed by atoms with Crippen molar-refractivity contribution in [2.75, 3.05) is 5.32 Å². The highest BCUT2D eigenvalue weighted by atomic mass is 16.1. The largest absolute Gasteiger partial charge is 0.322 e. The SMILES string of the molecule is CCc1nnc(C)cc1C(=O)Nc1ccc(-n2cnc(C)c2C)cc1. The minimum atomic E-state index is -0.169. The number of imidazole rings is 1. The van der Waals surface area contributed by atoms with Crippen molar-refractivity contribution in [1.29, 1.82) is 0 Å². The smallest absolute Gasteiger partial charge is 0.257 e. The number of aryl methyl sites for hydroxylation is 3. The summed E-state index contributed by atoms with van der Waals surface area (Å²) >= 11 is 0. The van der Waals surface area contributed by atoms with Gasteiger partial charge in [0.25, 0.3) is 5.91 Å². The zero-order chi connectivity index (χ0) is 18.0. The van der Waals surface area contributed by atoms with Crippen LogP contribution in [0.15, 0.2) is 36.7 Å². The van der Waals surface area contributed by atoms with Gasteiger partial charge in [-0.1, -0.05) is 6.92 Å². The molecule has 25 heavy (non-hydrogen) atoms.